The van der Waals surface area contributed by atoms with Gasteiger partial charge in [0.15, 0.2) is 0 Å². The summed E-state index contributed by atoms with van der Waals surface area (Å²) in [5, 5.41) is 8.79. The molecule has 0 radical (unpaired) electrons. The molecule has 0 aliphatic carbocycles. The van der Waals surface area contributed by atoms with Gasteiger partial charge in [0.05, 0.1) is 5.56 Å². The van der Waals surface area contributed by atoms with Gasteiger partial charge in [-0.05, 0) is 13.1 Å². The van der Waals surface area contributed by atoms with Gasteiger partial charge in [-0.2, -0.15) is 5.26 Å². The highest BCUT2D eigenvalue weighted by Gasteiger charge is 2.15. The number of hydrogen-bond acceptors (Lipinski definition) is 2. The zero-order valence-corrected chi connectivity index (χ0v) is 7.12. The van der Waals surface area contributed by atoms with Crippen LogP contribution in [0.3, 0.4) is 0 Å². The average Bonchev–Trinajstić information content (AvgIpc) is 2.46. The first kappa shape index (κ1) is 7.38. The summed E-state index contributed by atoms with van der Waals surface area (Å²) in [7, 11) is 2.08. The summed E-state index contributed by atoms with van der Waals surface area (Å²) >= 11 is 0. The Bertz CT molecular complexity index is 332. The highest BCUT2D eigenvalue weighted by molar-refractivity contribution is 5.35. The Labute approximate surface area is 71.8 Å². The number of aromatic nitrogens is 1. The monoisotopic (exact) mass is 161 g/mol. The fourth-order valence-corrected chi connectivity index (χ4v) is 1.61. The summed E-state index contributed by atoms with van der Waals surface area (Å²) < 4.78 is 2.17. The average molecular weight is 161 g/mol. The van der Waals surface area contributed by atoms with Crippen molar-refractivity contribution in [2.75, 3.05) is 13.6 Å². The summed E-state index contributed by atoms with van der Waals surface area (Å²) in [6.45, 7) is 2.98. The van der Waals surface area contributed by atoms with Gasteiger partial charge >= 0.3 is 0 Å². The minimum absolute atomic E-state index is 0.821. The second-order valence-electron chi connectivity index (χ2n) is 3.22. The van der Waals surface area contributed by atoms with Crippen molar-refractivity contribution in [2.45, 2.75) is 13.1 Å². The van der Waals surface area contributed by atoms with Gasteiger partial charge in [-0.15, -0.1) is 0 Å². The summed E-state index contributed by atoms with van der Waals surface area (Å²) in [6.07, 6.45) is 2.00. The third-order valence-corrected chi connectivity index (χ3v) is 2.34. The van der Waals surface area contributed by atoms with Crippen molar-refractivity contribution in [1.29, 1.82) is 5.26 Å². The molecule has 0 saturated carbocycles. The first-order chi connectivity index (χ1) is 5.81. The molecule has 2 heterocycles. The van der Waals surface area contributed by atoms with Gasteiger partial charge in [-0.3, -0.25) is 4.90 Å². The Kier molecular flexibility index (Phi) is 1.63. The Morgan fingerprint density at radius 3 is 3.08 bits per heavy atom. The Balaban J connectivity index is 2.42. The van der Waals surface area contributed by atoms with Crippen LogP contribution in [-0.4, -0.2) is 23.1 Å². The molecular formula is C9H11N3. The zero-order chi connectivity index (χ0) is 8.55. The molecule has 0 aromatic carbocycles. The summed E-state index contributed by atoms with van der Waals surface area (Å²) in [5.74, 6) is 0. The smallest absolute Gasteiger partial charge is 0.101 e. The Hall–Kier alpha value is -1.27. The summed E-state index contributed by atoms with van der Waals surface area (Å²) in [4.78, 5) is 2.23. The number of likely N-dealkylation sites (N-methyl/N-ethyl adjacent to an activating group) is 1. The lowest BCUT2D eigenvalue weighted by atomic mass is 10.2. The fraction of sp³-hybridized carbons (Fsp3) is 0.444. The molecule has 1 aromatic rings. The van der Waals surface area contributed by atoms with Gasteiger partial charge < -0.3 is 4.57 Å². The van der Waals surface area contributed by atoms with Gasteiger partial charge in [-0.25, -0.2) is 0 Å². The standard InChI is InChI=1S/C9H11N3/c1-11-4-5-12-3-2-8(6-10)9(12)7-11/h2-3H,4-5,7H2,1H3. The van der Waals surface area contributed by atoms with Crippen molar-refractivity contribution in [2.24, 2.45) is 0 Å². The van der Waals surface area contributed by atoms with Crippen molar-refractivity contribution in [3.05, 3.63) is 23.5 Å². The van der Waals surface area contributed by atoms with E-state index >= 15 is 0 Å². The molecule has 3 heteroatoms. The summed E-state index contributed by atoms with van der Waals surface area (Å²) in [6, 6.07) is 4.11. The molecule has 2 rings (SSSR count). The molecular weight excluding hydrogens is 150 g/mol. The molecule has 3 nitrogen and oxygen atoms in total. The van der Waals surface area contributed by atoms with Crippen LogP contribution in [0.4, 0.5) is 0 Å². The first-order valence-electron chi connectivity index (χ1n) is 4.08. The van der Waals surface area contributed by atoms with E-state index in [2.05, 4.69) is 22.6 Å². The molecule has 0 atom stereocenters. The minimum atomic E-state index is 0.821. The molecule has 0 spiro atoms. The van der Waals surface area contributed by atoms with E-state index in [1.54, 1.807) is 0 Å². The van der Waals surface area contributed by atoms with Crippen LogP contribution in [0, 0.1) is 11.3 Å². The Morgan fingerprint density at radius 1 is 1.50 bits per heavy atom. The van der Waals surface area contributed by atoms with E-state index in [4.69, 9.17) is 5.26 Å². The zero-order valence-electron chi connectivity index (χ0n) is 7.12. The van der Waals surface area contributed by atoms with Gasteiger partial charge in [0.1, 0.15) is 6.07 Å². The predicted octanol–water partition coefficient (Wildman–Crippen LogP) is 0.805. The van der Waals surface area contributed by atoms with Gasteiger partial charge in [-0.1, -0.05) is 0 Å². The van der Waals surface area contributed by atoms with E-state index in [9.17, 15) is 0 Å². The maximum Gasteiger partial charge on any atom is 0.101 e. The van der Waals surface area contributed by atoms with Crippen molar-refractivity contribution in [3.8, 4) is 6.07 Å². The topological polar surface area (TPSA) is 32.0 Å². The number of nitriles is 1. The SMILES string of the molecule is CN1CCn2ccc(C#N)c2C1. The molecule has 0 saturated heterocycles. The first-order valence-corrected chi connectivity index (χ1v) is 4.08. The van der Waals surface area contributed by atoms with Crippen molar-refractivity contribution in [3.63, 3.8) is 0 Å². The van der Waals surface area contributed by atoms with E-state index in [0.29, 0.717) is 0 Å². The van der Waals surface area contributed by atoms with Crippen LogP contribution >= 0.6 is 0 Å². The Morgan fingerprint density at radius 2 is 2.33 bits per heavy atom. The quantitative estimate of drug-likeness (QED) is 0.564. The predicted molar refractivity (Wildman–Crippen MR) is 45.5 cm³/mol. The lowest BCUT2D eigenvalue weighted by Gasteiger charge is -2.24. The fourth-order valence-electron chi connectivity index (χ4n) is 1.61. The second kappa shape index (κ2) is 2.65. The van der Waals surface area contributed by atoms with Crippen LogP contribution in [0.1, 0.15) is 11.3 Å². The maximum atomic E-state index is 8.79. The lowest BCUT2D eigenvalue weighted by molar-refractivity contribution is 0.269. The number of fused-ring (bicyclic) bond motifs is 1. The van der Waals surface area contributed by atoms with Crippen molar-refractivity contribution >= 4 is 0 Å². The lowest BCUT2D eigenvalue weighted by Crippen LogP contribution is -2.30. The molecule has 0 amide bonds. The normalized spacial score (nSPS) is 17.0. The molecule has 0 unspecified atom stereocenters. The minimum Gasteiger partial charge on any atom is -0.348 e. The van der Waals surface area contributed by atoms with Crippen LogP contribution in [-0.2, 0) is 13.1 Å². The van der Waals surface area contributed by atoms with Crippen molar-refractivity contribution in [1.82, 2.24) is 9.47 Å². The molecule has 1 aromatic heterocycles. The number of hydrogen-bond donors (Lipinski definition) is 0. The molecule has 12 heavy (non-hydrogen) atoms. The molecule has 0 fully saturated rings. The highest BCUT2D eigenvalue weighted by atomic mass is 15.2. The van der Waals surface area contributed by atoms with E-state index in [1.807, 2.05) is 12.3 Å². The molecule has 1 aliphatic heterocycles. The highest BCUT2D eigenvalue weighted by Crippen LogP contribution is 2.15. The maximum absolute atomic E-state index is 8.79. The van der Waals surface area contributed by atoms with Crippen LogP contribution in [0.15, 0.2) is 12.3 Å². The van der Waals surface area contributed by atoms with Gasteiger partial charge in [0.2, 0.25) is 0 Å². The second-order valence-corrected chi connectivity index (χ2v) is 3.22. The third kappa shape index (κ3) is 1.01. The van der Waals surface area contributed by atoms with Gasteiger partial charge in [0.25, 0.3) is 0 Å². The van der Waals surface area contributed by atoms with E-state index < -0.39 is 0 Å². The van der Waals surface area contributed by atoms with E-state index in [0.717, 1.165) is 30.9 Å². The molecule has 62 valence electrons. The number of nitrogens with zero attached hydrogens (tertiary/aromatic N) is 3. The van der Waals surface area contributed by atoms with Crippen LogP contribution in [0.25, 0.3) is 0 Å². The molecule has 0 bridgehead atoms. The van der Waals surface area contributed by atoms with Gasteiger partial charge in [0, 0.05) is 31.5 Å². The third-order valence-electron chi connectivity index (χ3n) is 2.34. The van der Waals surface area contributed by atoms with E-state index in [1.165, 1.54) is 0 Å². The number of rotatable bonds is 0. The van der Waals surface area contributed by atoms with E-state index in [-0.39, 0.29) is 0 Å². The van der Waals surface area contributed by atoms with Crippen molar-refractivity contribution < 1.29 is 0 Å². The summed E-state index contributed by atoms with van der Waals surface area (Å²) in [5.41, 5.74) is 1.98. The van der Waals surface area contributed by atoms with Crippen LogP contribution < -0.4 is 0 Å². The largest absolute Gasteiger partial charge is 0.348 e. The van der Waals surface area contributed by atoms with Crippen LogP contribution in [0.5, 0.6) is 0 Å². The van der Waals surface area contributed by atoms with Crippen LogP contribution in [0.2, 0.25) is 0 Å². The molecule has 0 N–H and O–H groups in total. The molecule has 1 aliphatic rings.